The van der Waals surface area contributed by atoms with Crippen molar-refractivity contribution in [2.45, 2.75) is 4.90 Å². The van der Waals surface area contributed by atoms with E-state index in [0.717, 1.165) is 16.7 Å². The molecule has 4 aromatic rings. The van der Waals surface area contributed by atoms with Crippen molar-refractivity contribution in [3.8, 4) is 0 Å². The van der Waals surface area contributed by atoms with E-state index < -0.39 is 20.9 Å². The van der Waals surface area contributed by atoms with Crippen LogP contribution in [0.1, 0.15) is 4.88 Å². The average molecular weight is 481 g/mol. The van der Waals surface area contributed by atoms with Crippen molar-refractivity contribution in [2.24, 2.45) is 0 Å². The summed E-state index contributed by atoms with van der Waals surface area (Å²) in [5.41, 5.74) is 1.06. The number of hydrogen-bond acceptors (Lipinski definition) is 7. The molecule has 0 aliphatic heterocycles. The lowest BCUT2D eigenvalue weighted by Gasteiger charge is -2.09. The summed E-state index contributed by atoms with van der Waals surface area (Å²) >= 11 is 0.950. The number of nitro groups is 1. The molecular weight excluding hydrogens is 464 g/mol. The van der Waals surface area contributed by atoms with Crippen LogP contribution in [0.5, 0.6) is 0 Å². The van der Waals surface area contributed by atoms with Gasteiger partial charge in [-0.25, -0.2) is 13.4 Å². The minimum absolute atomic E-state index is 0.0110. The summed E-state index contributed by atoms with van der Waals surface area (Å²) in [5, 5.41) is 14.2. The van der Waals surface area contributed by atoms with E-state index in [1.807, 2.05) is 18.2 Å². The number of aromatic nitrogens is 1. The highest BCUT2D eigenvalue weighted by atomic mass is 32.2. The number of carbonyl (C=O) groups is 1. The maximum absolute atomic E-state index is 12.7. The molecule has 1 amide bonds. The zero-order valence-electron chi connectivity index (χ0n) is 16.8. The first-order valence-electron chi connectivity index (χ1n) is 9.52. The third-order valence-corrected chi connectivity index (χ3v) is 6.83. The number of para-hydroxylation sites is 1. The van der Waals surface area contributed by atoms with Crippen molar-refractivity contribution in [3.63, 3.8) is 0 Å². The van der Waals surface area contributed by atoms with Crippen LogP contribution in [0.4, 0.5) is 16.5 Å². The van der Waals surface area contributed by atoms with Crippen LogP contribution in [-0.4, -0.2) is 24.2 Å². The number of pyridine rings is 1. The Bertz CT molecular complexity index is 1480. The number of carbonyl (C=O) groups excluding carboxylic acids is 1. The van der Waals surface area contributed by atoms with Crippen molar-refractivity contribution in [1.82, 2.24) is 4.98 Å². The summed E-state index contributed by atoms with van der Waals surface area (Å²) in [6.07, 6.45) is 2.71. The van der Waals surface area contributed by atoms with E-state index in [9.17, 15) is 23.3 Å². The molecule has 33 heavy (non-hydrogen) atoms. The van der Waals surface area contributed by atoms with Crippen molar-refractivity contribution in [3.05, 3.63) is 93.9 Å². The van der Waals surface area contributed by atoms with Crippen LogP contribution in [0.25, 0.3) is 17.0 Å². The van der Waals surface area contributed by atoms with Gasteiger partial charge >= 0.3 is 5.00 Å². The Labute approximate surface area is 192 Å². The van der Waals surface area contributed by atoms with Gasteiger partial charge in [0.2, 0.25) is 5.91 Å². The molecule has 0 spiro atoms. The Morgan fingerprint density at radius 1 is 1.00 bits per heavy atom. The number of nitrogens with zero attached hydrogens (tertiary/aromatic N) is 2. The maximum Gasteiger partial charge on any atom is 0.324 e. The average Bonchev–Trinajstić information content (AvgIpc) is 3.27. The zero-order chi connectivity index (χ0) is 23.4. The van der Waals surface area contributed by atoms with E-state index in [4.69, 9.17) is 0 Å². The number of amides is 1. The largest absolute Gasteiger partial charge is 0.324 e. The summed E-state index contributed by atoms with van der Waals surface area (Å²) < 4.78 is 27.8. The van der Waals surface area contributed by atoms with Crippen LogP contribution < -0.4 is 10.0 Å². The van der Waals surface area contributed by atoms with Gasteiger partial charge in [0.15, 0.2) is 0 Å². The summed E-state index contributed by atoms with van der Waals surface area (Å²) in [6.45, 7) is 0. The Morgan fingerprint density at radius 2 is 1.76 bits per heavy atom. The lowest BCUT2D eigenvalue weighted by molar-refractivity contribution is -0.380. The SMILES string of the molecule is O=C(/C=C/c1ccc([N+](=O)[O-])s1)Nc1ccc(S(=O)(=O)Nc2ccc3ccccc3n2)cc1. The number of benzene rings is 2. The molecule has 2 heterocycles. The van der Waals surface area contributed by atoms with Gasteiger partial charge in [0, 0.05) is 28.1 Å². The van der Waals surface area contributed by atoms with Crippen molar-refractivity contribution < 1.29 is 18.1 Å². The van der Waals surface area contributed by atoms with Crippen molar-refractivity contribution in [2.75, 3.05) is 10.0 Å². The Hall–Kier alpha value is -4.09. The normalized spacial score (nSPS) is 11.5. The molecule has 0 saturated heterocycles. The number of anilines is 2. The highest BCUT2D eigenvalue weighted by molar-refractivity contribution is 7.92. The molecule has 166 valence electrons. The third-order valence-electron chi connectivity index (χ3n) is 4.46. The molecule has 0 aliphatic rings. The minimum Gasteiger partial charge on any atom is -0.323 e. The van der Waals surface area contributed by atoms with Crippen molar-refractivity contribution >= 4 is 60.8 Å². The van der Waals surface area contributed by atoms with Crippen LogP contribution in [0.3, 0.4) is 0 Å². The van der Waals surface area contributed by atoms with Gasteiger partial charge in [0.1, 0.15) is 5.82 Å². The van der Waals surface area contributed by atoms with Gasteiger partial charge in [-0.15, -0.1) is 0 Å². The molecule has 0 fully saturated rings. The second kappa shape index (κ2) is 9.18. The molecule has 11 heteroatoms. The molecule has 0 saturated carbocycles. The van der Waals surface area contributed by atoms with E-state index in [1.54, 1.807) is 24.3 Å². The molecule has 0 atom stereocenters. The Kier molecular flexibility index (Phi) is 6.16. The summed E-state index contributed by atoms with van der Waals surface area (Å²) in [6, 6.07) is 19.3. The fraction of sp³-hybridized carbons (Fsp3) is 0. The number of fused-ring (bicyclic) bond motifs is 1. The Balaban J connectivity index is 1.41. The predicted octanol–water partition coefficient (Wildman–Crippen LogP) is 4.66. The number of sulfonamides is 1. The zero-order valence-corrected chi connectivity index (χ0v) is 18.5. The molecule has 2 N–H and O–H groups in total. The van der Waals surface area contributed by atoms with Gasteiger partial charge in [-0.1, -0.05) is 29.5 Å². The van der Waals surface area contributed by atoms with E-state index in [1.165, 1.54) is 42.5 Å². The molecule has 0 aliphatic carbocycles. The molecule has 2 aromatic carbocycles. The molecule has 0 unspecified atom stereocenters. The van der Waals surface area contributed by atoms with Crippen molar-refractivity contribution in [1.29, 1.82) is 0 Å². The summed E-state index contributed by atoms with van der Waals surface area (Å²) in [5.74, 6) is -0.259. The Morgan fingerprint density at radius 3 is 2.48 bits per heavy atom. The first-order valence-corrected chi connectivity index (χ1v) is 11.8. The maximum atomic E-state index is 12.7. The van der Waals surface area contributed by atoms with Gasteiger partial charge in [-0.05, 0) is 54.6 Å². The van der Waals surface area contributed by atoms with E-state index in [2.05, 4.69) is 15.0 Å². The second-order valence-electron chi connectivity index (χ2n) is 6.77. The van der Waals surface area contributed by atoms with Gasteiger partial charge < -0.3 is 5.32 Å². The number of rotatable bonds is 7. The fourth-order valence-electron chi connectivity index (χ4n) is 2.91. The number of thiophene rings is 1. The van der Waals surface area contributed by atoms with E-state index in [-0.39, 0.29) is 15.7 Å². The third kappa shape index (κ3) is 5.40. The van der Waals surface area contributed by atoms with Crippen LogP contribution in [0.15, 0.2) is 83.8 Å². The lowest BCUT2D eigenvalue weighted by atomic mass is 10.2. The highest BCUT2D eigenvalue weighted by Gasteiger charge is 2.15. The quantitative estimate of drug-likeness (QED) is 0.225. The molecule has 0 radical (unpaired) electrons. The molecule has 4 rings (SSSR count). The monoisotopic (exact) mass is 480 g/mol. The standard InChI is InChI=1S/C22H16N4O5S2/c27-21(13-8-17-9-14-22(32-17)26(28)29)23-16-6-10-18(11-7-16)33(30,31)25-20-12-5-15-3-1-2-4-19(15)24-20/h1-14H,(H,23,27)(H,24,25)/b13-8+. The molecule has 9 nitrogen and oxygen atoms in total. The van der Waals surface area contributed by atoms with Crippen LogP contribution in [0, 0.1) is 10.1 Å². The van der Waals surface area contributed by atoms with Gasteiger partial charge in [-0.2, -0.15) is 0 Å². The number of nitrogens with one attached hydrogen (secondary N) is 2. The second-order valence-corrected chi connectivity index (χ2v) is 9.55. The summed E-state index contributed by atoms with van der Waals surface area (Å²) in [7, 11) is -3.87. The first-order chi connectivity index (χ1) is 15.8. The lowest BCUT2D eigenvalue weighted by Crippen LogP contribution is -2.14. The van der Waals surface area contributed by atoms with E-state index >= 15 is 0 Å². The minimum atomic E-state index is -3.87. The van der Waals surface area contributed by atoms with Gasteiger partial charge in [0.05, 0.1) is 15.3 Å². The van der Waals surface area contributed by atoms with Crippen LogP contribution in [0.2, 0.25) is 0 Å². The van der Waals surface area contributed by atoms with Crippen LogP contribution in [-0.2, 0) is 14.8 Å². The van der Waals surface area contributed by atoms with Gasteiger partial charge in [-0.3, -0.25) is 19.6 Å². The fourth-order valence-corrected chi connectivity index (χ4v) is 4.63. The predicted molar refractivity (Wildman–Crippen MR) is 128 cm³/mol. The summed E-state index contributed by atoms with van der Waals surface area (Å²) in [4.78, 5) is 27.2. The topological polar surface area (TPSA) is 131 Å². The smallest absolute Gasteiger partial charge is 0.323 e. The van der Waals surface area contributed by atoms with E-state index in [0.29, 0.717) is 16.1 Å². The molecule has 2 aromatic heterocycles. The first kappa shape index (κ1) is 22.1. The number of hydrogen-bond donors (Lipinski definition) is 2. The van der Waals surface area contributed by atoms with Gasteiger partial charge in [0.25, 0.3) is 10.0 Å². The molecule has 0 bridgehead atoms. The molecular formula is C22H16N4O5S2. The highest BCUT2D eigenvalue weighted by Crippen LogP contribution is 2.25. The van der Waals surface area contributed by atoms with Crippen LogP contribution >= 0.6 is 11.3 Å².